The fourth-order valence-electron chi connectivity index (χ4n) is 2.26. The van der Waals surface area contributed by atoms with Crippen LogP contribution in [-0.2, 0) is 4.79 Å². The van der Waals surface area contributed by atoms with E-state index >= 15 is 0 Å². The molecule has 2 amide bonds. The third kappa shape index (κ3) is 3.29. The SMILES string of the molecule is O=C(O)C1CSCCN1C(=O)NN1CCCCC1. The number of aliphatic carboxylic acids is 1. The predicted octanol–water partition coefficient (Wildman–Crippen LogP) is 0.599. The second kappa shape index (κ2) is 6.29. The van der Waals surface area contributed by atoms with Gasteiger partial charge >= 0.3 is 12.0 Å². The maximum atomic E-state index is 12.1. The minimum atomic E-state index is -0.920. The minimum absolute atomic E-state index is 0.274. The molecule has 0 radical (unpaired) electrons. The summed E-state index contributed by atoms with van der Waals surface area (Å²) in [5.74, 6) is 0.357. The molecule has 7 heteroatoms. The lowest BCUT2D eigenvalue weighted by Gasteiger charge is -2.35. The van der Waals surface area contributed by atoms with E-state index in [1.807, 2.05) is 5.01 Å². The molecule has 2 fully saturated rings. The highest BCUT2D eigenvalue weighted by Crippen LogP contribution is 2.17. The number of amides is 2. The fraction of sp³-hybridized carbons (Fsp3) is 0.818. The molecule has 0 bridgehead atoms. The van der Waals surface area contributed by atoms with Crippen molar-refractivity contribution < 1.29 is 14.7 Å². The number of carboxylic acid groups (broad SMARTS) is 1. The molecule has 2 rings (SSSR count). The highest BCUT2D eigenvalue weighted by molar-refractivity contribution is 7.99. The lowest BCUT2D eigenvalue weighted by Crippen LogP contribution is -2.57. The Bertz CT molecular complexity index is 321. The Kier molecular flexibility index (Phi) is 4.71. The van der Waals surface area contributed by atoms with Gasteiger partial charge in [0, 0.05) is 31.1 Å². The van der Waals surface area contributed by atoms with E-state index in [0.717, 1.165) is 31.7 Å². The molecule has 18 heavy (non-hydrogen) atoms. The summed E-state index contributed by atoms with van der Waals surface area (Å²) in [6.45, 7) is 2.21. The van der Waals surface area contributed by atoms with Crippen molar-refractivity contribution in [2.75, 3.05) is 31.1 Å². The van der Waals surface area contributed by atoms with Gasteiger partial charge < -0.3 is 10.0 Å². The van der Waals surface area contributed by atoms with Gasteiger partial charge in [-0.15, -0.1) is 0 Å². The Hall–Kier alpha value is -0.950. The Balaban J connectivity index is 1.91. The summed E-state index contributed by atoms with van der Waals surface area (Å²) < 4.78 is 0. The van der Waals surface area contributed by atoms with Crippen LogP contribution in [0.15, 0.2) is 0 Å². The monoisotopic (exact) mass is 273 g/mol. The van der Waals surface area contributed by atoms with Gasteiger partial charge in [0.1, 0.15) is 6.04 Å². The molecule has 2 N–H and O–H groups in total. The van der Waals surface area contributed by atoms with Gasteiger partial charge in [-0.2, -0.15) is 11.8 Å². The second-order valence-corrected chi connectivity index (χ2v) is 5.74. The first kappa shape index (κ1) is 13.5. The summed E-state index contributed by atoms with van der Waals surface area (Å²) in [6, 6.07) is -0.974. The molecule has 2 heterocycles. The second-order valence-electron chi connectivity index (χ2n) is 4.59. The van der Waals surface area contributed by atoms with Crippen LogP contribution in [0, 0.1) is 0 Å². The molecule has 1 unspecified atom stereocenters. The zero-order valence-corrected chi connectivity index (χ0v) is 11.1. The van der Waals surface area contributed by atoms with E-state index in [2.05, 4.69) is 5.43 Å². The molecule has 2 aliphatic rings. The maximum absolute atomic E-state index is 12.1. The van der Waals surface area contributed by atoms with Crippen LogP contribution in [0.25, 0.3) is 0 Å². The van der Waals surface area contributed by atoms with E-state index in [1.54, 1.807) is 11.8 Å². The van der Waals surface area contributed by atoms with Gasteiger partial charge in [0.25, 0.3) is 0 Å². The quantitative estimate of drug-likeness (QED) is 0.771. The van der Waals surface area contributed by atoms with Crippen molar-refractivity contribution in [2.45, 2.75) is 25.3 Å². The Morgan fingerprint density at radius 1 is 1.17 bits per heavy atom. The number of urea groups is 1. The molecule has 0 aliphatic carbocycles. The smallest absolute Gasteiger partial charge is 0.332 e. The van der Waals surface area contributed by atoms with Gasteiger partial charge in [-0.25, -0.2) is 14.6 Å². The van der Waals surface area contributed by atoms with Crippen LogP contribution in [0.2, 0.25) is 0 Å². The summed E-state index contributed by atoms with van der Waals surface area (Å²) in [5.41, 5.74) is 2.82. The van der Waals surface area contributed by atoms with Crippen LogP contribution in [0.5, 0.6) is 0 Å². The van der Waals surface area contributed by atoms with Crippen molar-refractivity contribution in [1.29, 1.82) is 0 Å². The number of piperidine rings is 1. The zero-order chi connectivity index (χ0) is 13.0. The lowest BCUT2D eigenvalue weighted by molar-refractivity contribution is -0.141. The summed E-state index contributed by atoms with van der Waals surface area (Å²) in [4.78, 5) is 24.6. The van der Waals surface area contributed by atoms with Gasteiger partial charge in [-0.05, 0) is 12.8 Å². The molecule has 0 saturated carbocycles. The number of carboxylic acids is 1. The highest BCUT2D eigenvalue weighted by Gasteiger charge is 2.33. The number of carbonyl (C=O) groups excluding carboxylic acids is 1. The van der Waals surface area contributed by atoms with Crippen molar-refractivity contribution in [3.63, 3.8) is 0 Å². The molecule has 0 aromatic rings. The molecule has 2 saturated heterocycles. The largest absolute Gasteiger partial charge is 0.480 e. The average Bonchev–Trinajstić information content (AvgIpc) is 2.40. The standard InChI is InChI=1S/C11H19N3O3S/c15-10(16)9-8-18-7-6-14(9)11(17)12-13-4-2-1-3-5-13/h9H,1-8H2,(H,12,17)(H,15,16). The van der Waals surface area contributed by atoms with Crippen molar-refractivity contribution in [2.24, 2.45) is 0 Å². The molecule has 102 valence electrons. The number of hydrogen-bond donors (Lipinski definition) is 2. The van der Waals surface area contributed by atoms with Crippen LogP contribution < -0.4 is 5.43 Å². The summed E-state index contributed by atoms with van der Waals surface area (Å²) in [5, 5.41) is 11.0. The molecule has 6 nitrogen and oxygen atoms in total. The van der Waals surface area contributed by atoms with Crippen LogP contribution >= 0.6 is 11.8 Å². The van der Waals surface area contributed by atoms with Crippen LogP contribution in [0.4, 0.5) is 4.79 Å². The number of rotatable bonds is 2. The van der Waals surface area contributed by atoms with Gasteiger partial charge in [0.05, 0.1) is 0 Å². The summed E-state index contributed by atoms with van der Waals surface area (Å²) in [6.07, 6.45) is 3.36. The summed E-state index contributed by atoms with van der Waals surface area (Å²) >= 11 is 1.58. The summed E-state index contributed by atoms with van der Waals surface area (Å²) in [7, 11) is 0. The van der Waals surface area contributed by atoms with E-state index in [-0.39, 0.29) is 6.03 Å². The lowest BCUT2D eigenvalue weighted by atomic mass is 10.2. The Morgan fingerprint density at radius 3 is 2.56 bits per heavy atom. The molecule has 1 atom stereocenters. The molecular weight excluding hydrogens is 254 g/mol. The molecule has 0 spiro atoms. The van der Waals surface area contributed by atoms with Gasteiger partial charge in [0.2, 0.25) is 0 Å². The fourth-order valence-corrected chi connectivity index (χ4v) is 3.29. The number of carbonyl (C=O) groups is 2. The number of nitrogens with one attached hydrogen (secondary N) is 1. The molecule has 0 aromatic carbocycles. The number of hydrogen-bond acceptors (Lipinski definition) is 4. The van der Waals surface area contributed by atoms with E-state index in [9.17, 15) is 9.59 Å². The first-order chi connectivity index (χ1) is 8.68. The first-order valence-electron chi connectivity index (χ1n) is 6.31. The topological polar surface area (TPSA) is 72.9 Å². The van der Waals surface area contributed by atoms with E-state index in [4.69, 9.17) is 5.11 Å². The van der Waals surface area contributed by atoms with Crippen molar-refractivity contribution in [3.05, 3.63) is 0 Å². The Morgan fingerprint density at radius 2 is 1.89 bits per heavy atom. The van der Waals surface area contributed by atoms with Crippen LogP contribution in [0.3, 0.4) is 0 Å². The van der Waals surface area contributed by atoms with Gasteiger partial charge in [-0.1, -0.05) is 6.42 Å². The number of thioether (sulfide) groups is 1. The zero-order valence-electron chi connectivity index (χ0n) is 10.3. The average molecular weight is 273 g/mol. The van der Waals surface area contributed by atoms with E-state index in [1.165, 1.54) is 11.3 Å². The van der Waals surface area contributed by atoms with Gasteiger partial charge in [0.15, 0.2) is 0 Å². The van der Waals surface area contributed by atoms with Crippen LogP contribution in [0.1, 0.15) is 19.3 Å². The number of nitrogens with zero attached hydrogens (tertiary/aromatic N) is 2. The highest BCUT2D eigenvalue weighted by atomic mass is 32.2. The van der Waals surface area contributed by atoms with Gasteiger partial charge in [-0.3, -0.25) is 5.43 Å². The molecule has 2 aliphatic heterocycles. The van der Waals surface area contributed by atoms with Crippen molar-refractivity contribution >= 4 is 23.8 Å². The minimum Gasteiger partial charge on any atom is -0.480 e. The number of hydrazine groups is 1. The normalized spacial score (nSPS) is 25.8. The van der Waals surface area contributed by atoms with E-state index in [0.29, 0.717) is 12.3 Å². The van der Waals surface area contributed by atoms with E-state index < -0.39 is 12.0 Å². The van der Waals surface area contributed by atoms with Crippen LogP contribution in [-0.4, -0.2) is 64.2 Å². The third-order valence-corrected chi connectivity index (χ3v) is 4.31. The molecular formula is C11H19N3O3S. The predicted molar refractivity (Wildman–Crippen MR) is 69.4 cm³/mol. The maximum Gasteiger partial charge on any atom is 0.332 e. The third-order valence-electron chi connectivity index (χ3n) is 3.28. The first-order valence-corrected chi connectivity index (χ1v) is 7.46. The molecule has 0 aromatic heterocycles. The van der Waals surface area contributed by atoms with Crippen molar-refractivity contribution in [3.8, 4) is 0 Å². The Labute approximate surface area is 111 Å². The van der Waals surface area contributed by atoms with Crippen molar-refractivity contribution in [1.82, 2.24) is 15.3 Å².